The number of aromatic nitrogens is 1. The van der Waals surface area contributed by atoms with Gasteiger partial charge in [-0.15, -0.1) is 0 Å². The zero-order chi connectivity index (χ0) is 20.1. The molecule has 5 nitrogen and oxygen atoms in total. The van der Waals surface area contributed by atoms with Crippen molar-refractivity contribution in [3.05, 3.63) is 48.5 Å². The van der Waals surface area contributed by atoms with E-state index in [0.717, 1.165) is 20.9 Å². The van der Waals surface area contributed by atoms with E-state index in [1.54, 1.807) is 12.1 Å². The number of nitrogens with zero attached hydrogens (tertiary/aromatic N) is 2. The van der Waals surface area contributed by atoms with Crippen LogP contribution in [-0.2, 0) is 17.1 Å². The third kappa shape index (κ3) is 3.06. The van der Waals surface area contributed by atoms with Crippen molar-refractivity contribution in [2.45, 2.75) is 17.2 Å². The lowest BCUT2D eigenvalue weighted by molar-refractivity contribution is 0.0183. The molecule has 0 saturated carbocycles. The second kappa shape index (κ2) is 6.56. The van der Waals surface area contributed by atoms with Crippen molar-refractivity contribution in [2.75, 3.05) is 20.2 Å². The molecule has 0 aliphatic carbocycles. The molecule has 0 atom stereocenters. The van der Waals surface area contributed by atoms with E-state index >= 15 is 0 Å². The van der Waals surface area contributed by atoms with Crippen molar-refractivity contribution in [2.24, 2.45) is 7.05 Å². The summed E-state index contributed by atoms with van der Waals surface area (Å²) in [5, 5.41) is 1.03. The molecular formula is C20H20F2N2O3S. The van der Waals surface area contributed by atoms with Gasteiger partial charge in [0.2, 0.25) is 10.0 Å². The Kier molecular flexibility index (Phi) is 4.43. The lowest BCUT2D eigenvalue weighted by Gasteiger charge is -2.19. The molecule has 0 bridgehead atoms. The molecule has 1 aliphatic heterocycles. The Labute approximate surface area is 162 Å². The lowest BCUT2D eigenvalue weighted by atomic mass is 10.1. The van der Waals surface area contributed by atoms with Crippen molar-refractivity contribution in [1.82, 2.24) is 8.87 Å². The van der Waals surface area contributed by atoms with Gasteiger partial charge in [-0.3, -0.25) is 0 Å². The van der Waals surface area contributed by atoms with Gasteiger partial charge >= 0.3 is 0 Å². The minimum Gasteiger partial charge on any atom is -0.495 e. The maximum Gasteiger partial charge on any atom is 0.262 e. The fraction of sp³-hybridized carbons (Fsp3) is 0.300. The van der Waals surface area contributed by atoms with Gasteiger partial charge in [0.15, 0.2) is 0 Å². The number of fused-ring (bicyclic) bond motifs is 1. The fourth-order valence-electron chi connectivity index (χ4n) is 3.65. The molecule has 0 spiro atoms. The third-order valence-electron chi connectivity index (χ3n) is 5.16. The van der Waals surface area contributed by atoms with Gasteiger partial charge < -0.3 is 9.30 Å². The number of rotatable bonds is 4. The quantitative estimate of drug-likeness (QED) is 0.661. The number of sulfonamides is 1. The summed E-state index contributed by atoms with van der Waals surface area (Å²) in [4.78, 5) is -0.101. The van der Waals surface area contributed by atoms with Crippen LogP contribution in [0.3, 0.4) is 0 Å². The summed E-state index contributed by atoms with van der Waals surface area (Å²) in [6, 6.07) is 14.6. The van der Waals surface area contributed by atoms with Crippen molar-refractivity contribution >= 4 is 20.9 Å². The van der Waals surface area contributed by atoms with Gasteiger partial charge in [0, 0.05) is 36.6 Å². The first-order valence-corrected chi connectivity index (χ1v) is 10.3. The number of benzene rings is 2. The topological polar surface area (TPSA) is 51.5 Å². The van der Waals surface area contributed by atoms with E-state index in [2.05, 4.69) is 0 Å². The number of ether oxygens (including phenoxy) is 1. The van der Waals surface area contributed by atoms with Crippen molar-refractivity contribution in [3.63, 3.8) is 0 Å². The van der Waals surface area contributed by atoms with E-state index in [9.17, 15) is 17.2 Å². The number of methoxy groups -OCH3 is 1. The molecule has 1 aromatic heterocycles. The van der Waals surface area contributed by atoms with Gasteiger partial charge in [0.1, 0.15) is 10.6 Å². The number of aryl methyl sites for hydroxylation is 1. The molecule has 2 heterocycles. The standard InChI is InChI=1S/C20H20F2N2O3S/c1-23-16-6-4-3-5-14(16)11-17(23)15-7-8-18(27-2)19(12-15)28(25,26)24-10-9-20(21,22)13-24/h3-8,11-12H,9-10,13H2,1-2H3. The summed E-state index contributed by atoms with van der Waals surface area (Å²) in [5.74, 6) is -2.87. The molecule has 0 unspecified atom stereocenters. The van der Waals surface area contributed by atoms with Gasteiger partial charge in [-0.1, -0.05) is 18.2 Å². The van der Waals surface area contributed by atoms with E-state index < -0.39 is 28.9 Å². The molecule has 1 fully saturated rings. The average Bonchev–Trinajstić information content (AvgIpc) is 3.21. The van der Waals surface area contributed by atoms with Crippen LogP contribution in [0.15, 0.2) is 53.4 Å². The van der Waals surface area contributed by atoms with E-state index in [0.29, 0.717) is 5.56 Å². The molecule has 0 radical (unpaired) electrons. The van der Waals surface area contributed by atoms with E-state index in [4.69, 9.17) is 4.74 Å². The second-order valence-corrected chi connectivity index (χ2v) is 8.86. The third-order valence-corrected chi connectivity index (χ3v) is 7.03. The van der Waals surface area contributed by atoms with Crippen LogP contribution in [-0.4, -0.2) is 43.4 Å². The normalized spacial score (nSPS) is 17.3. The molecule has 4 rings (SSSR count). The Bertz CT molecular complexity index is 1160. The first kappa shape index (κ1) is 18.9. The highest BCUT2D eigenvalue weighted by Gasteiger charge is 2.44. The number of hydrogen-bond donors (Lipinski definition) is 0. The van der Waals surface area contributed by atoms with Crippen LogP contribution in [0.2, 0.25) is 0 Å². The maximum absolute atomic E-state index is 13.6. The first-order chi connectivity index (χ1) is 13.2. The van der Waals surface area contributed by atoms with Gasteiger partial charge in [-0.05, 0) is 35.9 Å². The second-order valence-electron chi connectivity index (χ2n) is 6.96. The van der Waals surface area contributed by atoms with Crippen LogP contribution >= 0.6 is 0 Å². The maximum atomic E-state index is 13.6. The molecule has 1 saturated heterocycles. The molecule has 1 aliphatic rings. The highest BCUT2D eigenvalue weighted by atomic mass is 32.2. The van der Waals surface area contributed by atoms with E-state index in [1.807, 2.05) is 41.9 Å². The molecule has 8 heteroatoms. The summed E-state index contributed by atoms with van der Waals surface area (Å²) >= 11 is 0. The predicted molar refractivity (Wildman–Crippen MR) is 103 cm³/mol. The summed E-state index contributed by atoms with van der Waals surface area (Å²) in [6.07, 6.45) is -0.475. The summed E-state index contributed by atoms with van der Waals surface area (Å²) in [7, 11) is -0.842. The Hall–Kier alpha value is -2.45. The van der Waals surface area contributed by atoms with Gasteiger partial charge in [-0.2, -0.15) is 4.31 Å². The van der Waals surface area contributed by atoms with Crippen LogP contribution < -0.4 is 4.74 Å². The number of para-hydroxylation sites is 1. The van der Waals surface area contributed by atoms with E-state index in [-0.39, 0.29) is 17.2 Å². The molecule has 0 amide bonds. The van der Waals surface area contributed by atoms with E-state index in [1.165, 1.54) is 13.2 Å². The van der Waals surface area contributed by atoms with Gasteiger partial charge in [0.25, 0.3) is 5.92 Å². The van der Waals surface area contributed by atoms with Crippen LogP contribution in [0.4, 0.5) is 8.78 Å². The number of hydrogen-bond acceptors (Lipinski definition) is 3. The van der Waals surface area contributed by atoms with Crippen molar-refractivity contribution in [1.29, 1.82) is 0 Å². The molecule has 2 aromatic carbocycles. The minimum absolute atomic E-state index is 0.101. The lowest BCUT2D eigenvalue weighted by Crippen LogP contribution is -2.31. The molecule has 28 heavy (non-hydrogen) atoms. The molecule has 0 N–H and O–H groups in total. The molecule has 148 valence electrons. The fourth-order valence-corrected chi connectivity index (χ4v) is 5.30. The smallest absolute Gasteiger partial charge is 0.262 e. The Balaban J connectivity index is 1.83. The number of alkyl halides is 2. The van der Waals surface area contributed by atoms with Crippen molar-refractivity contribution < 1.29 is 21.9 Å². The van der Waals surface area contributed by atoms with Gasteiger partial charge in [0.05, 0.1) is 13.7 Å². The minimum atomic E-state index is -4.11. The first-order valence-electron chi connectivity index (χ1n) is 8.84. The SMILES string of the molecule is COc1ccc(-c2cc3ccccc3n2C)cc1S(=O)(=O)N1CCC(F)(F)C1. The van der Waals surface area contributed by atoms with Gasteiger partial charge in [-0.25, -0.2) is 17.2 Å². The summed E-state index contributed by atoms with van der Waals surface area (Å²) in [6.45, 7) is -1.02. The molecule has 3 aromatic rings. The number of halogens is 2. The summed E-state index contributed by atoms with van der Waals surface area (Å²) < 4.78 is 61.3. The summed E-state index contributed by atoms with van der Waals surface area (Å²) in [5.41, 5.74) is 2.51. The Morgan fingerprint density at radius 3 is 2.50 bits per heavy atom. The van der Waals surface area contributed by atoms with Crippen molar-refractivity contribution in [3.8, 4) is 17.0 Å². The molecular weight excluding hydrogens is 386 g/mol. The Morgan fingerprint density at radius 1 is 1.11 bits per heavy atom. The van der Waals surface area contributed by atoms with Crippen LogP contribution in [0.25, 0.3) is 22.2 Å². The highest BCUT2D eigenvalue weighted by Crippen LogP contribution is 2.37. The largest absolute Gasteiger partial charge is 0.495 e. The van der Waals surface area contributed by atoms with Crippen LogP contribution in [0, 0.1) is 0 Å². The zero-order valence-corrected chi connectivity index (χ0v) is 16.3. The highest BCUT2D eigenvalue weighted by molar-refractivity contribution is 7.89. The Morgan fingerprint density at radius 2 is 1.86 bits per heavy atom. The average molecular weight is 406 g/mol. The van der Waals surface area contributed by atoms with Crippen LogP contribution in [0.5, 0.6) is 5.75 Å². The van der Waals surface area contributed by atoms with Crippen LogP contribution in [0.1, 0.15) is 6.42 Å². The monoisotopic (exact) mass is 406 g/mol. The predicted octanol–water partition coefficient (Wildman–Crippen LogP) is 3.88. The zero-order valence-electron chi connectivity index (χ0n) is 15.5.